The molecule has 5 heteroatoms. The van der Waals surface area contributed by atoms with Crippen molar-refractivity contribution in [1.82, 2.24) is 0 Å². The topological polar surface area (TPSA) is 58.6 Å². The molecule has 1 unspecified atom stereocenters. The number of anilines is 1. The first-order chi connectivity index (χ1) is 10.6. The van der Waals surface area contributed by atoms with Crippen LogP contribution < -0.4 is 5.32 Å². The van der Waals surface area contributed by atoms with Crippen molar-refractivity contribution in [2.75, 3.05) is 18.5 Å². The Kier molecular flexibility index (Phi) is 4.32. The Balaban J connectivity index is 1.80. The maximum Gasteiger partial charge on any atom is 0.255 e. The fourth-order valence-corrected chi connectivity index (χ4v) is 2.72. The van der Waals surface area contributed by atoms with Crippen LogP contribution in [0.3, 0.4) is 0 Å². The van der Waals surface area contributed by atoms with Crippen LogP contribution in [0.2, 0.25) is 5.02 Å². The molecule has 4 nitrogen and oxygen atoms in total. The Morgan fingerprint density at radius 3 is 2.86 bits per heavy atom. The molecule has 1 saturated heterocycles. The number of carbonyl (C=O) groups excluding carboxylic acids is 1. The average Bonchev–Trinajstić information content (AvgIpc) is 3.06. The first kappa shape index (κ1) is 14.9. The number of ether oxygens (including phenoxy) is 1. The first-order valence-electron chi connectivity index (χ1n) is 7.11. The summed E-state index contributed by atoms with van der Waals surface area (Å²) in [5.74, 6) is -0.0662. The Hall–Kier alpha value is -2.04. The van der Waals surface area contributed by atoms with Crippen LogP contribution in [-0.4, -0.2) is 24.2 Å². The molecule has 2 N–H and O–H groups in total. The fraction of sp³-hybridized carbons (Fsp3) is 0.235. The van der Waals surface area contributed by atoms with Gasteiger partial charge in [-0.1, -0.05) is 29.8 Å². The van der Waals surface area contributed by atoms with Crippen LogP contribution >= 0.6 is 11.6 Å². The van der Waals surface area contributed by atoms with Crippen molar-refractivity contribution in [3.63, 3.8) is 0 Å². The van der Waals surface area contributed by atoms with Crippen molar-refractivity contribution in [3.05, 3.63) is 58.6 Å². The molecule has 1 amide bonds. The molecule has 0 aliphatic carbocycles. The van der Waals surface area contributed by atoms with E-state index in [4.69, 9.17) is 16.3 Å². The van der Waals surface area contributed by atoms with Crippen molar-refractivity contribution in [3.8, 4) is 5.75 Å². The van der Waals surface area contributed by atoms with E-state index in [0.717, 1.165) is 18.6 Å². The highest BCUT2D eigenvalue weighted by Crippen LogP contribution is 2.31. The van der Waals surface area contributed by atoms with Gasteiger partial charge in [0.05, 0.1) is 17.3 Å². The summed E-state index contributed by atoms with van der Waals surface area (Å²) in [7, 11) is 0. The van der Waals surface area contributed by atoms with Crippen LogP contribution in [0.1, 0.15) is 28.3 Å². The number of aromatic hydroxyl groups is 1. The maximum atomic E-state index is 12.3. The minimum atomic E-state index is -0.279. The van der Waals surface area contributed by atoms with Gasteiger partial charge in [0.15, 0.2) is 5.75 Å². The van der Waals surface area contributed by atoms with Crippen molar-refractivity contribution in [1.29, 1.82) is 0 Å². The smallest absolute Gasteiger partial charge is 0.255 e. The Morgan fingerprint density at radius 2 is 2.09 bits per heavy atom. The zero-order valence-corrected chi connectivity index (χ0v) is 12.6. The summed E-state index contributed by atoms with van der Waals surface area (Å²) in [5, 5.41) is 12.7. The van der Waals surface area contributed by atoms with Gasteiger partial charge < -0.3 is 15.2 Å². The van der Waals surface area contributed by atoms with Gasteiger partial charge in [-0.15, -0.1) is 0 Å². The predicted molar refractivity (Wildman–Crippen MR) is 85.7 cm³/mol. The normalized spacial score (nSPS) is 17.4. The number of amides is 1. The highest BCUT2D eigenvalue weighted by atomic mass is 35.5. The minimum absolute atomic E-state index is 0.127. The summed E-state index contributed by atoms with van der Waals surface area (Å²) in [4.78, 5) is 12.3. The highest BCUT2D eigenvalue weighted by Gasteiger charge is 2.19. The quantitative estimate of drug-likeness (QED) is 0.846. The number of halogens is 1. The second-order valence-corrected chi connectivity index (χ2v) is 5.68. The van der Waals surface area contributed by atoms with Gasteiger partial charge in [-0.2, -0.15) is 0 Å². The average molecular weight is 318 g/mol. The zero-order chi connectivity index (χ0) is 15.5. The third kappa shape index (κ3) is 3.08. The van der Waals surface area contributed by atoms with Crippen LogP contribution in [0, 0.1) is 0 Å². The fourth-order valence-electron chi connectivity index (χ4n) is 2.54. The SMILES string of the molecule is O=C(Nc1cccc(Cl)c1O)c1cccc(C2CCOC2)c1. The van der Waals surface area contributed by atoms with E-state index in [1.54, 1.807) is 24.3 Å². The van der Waals surface area contributed by atoms with Crippen molar-refractivity contribution < 1.29 is 14.6 Å². The van der Waals surface area contributed by atoms with Crippen LogP contribution in [0.5, 0.6) is 5.75 Å². The van der Waals surface area contributed by atoms with Crippen molar-refractivity contribution >= 4 is 23.2 Å². The van der Waals surface area contributed by atoms with E-state index in [1.165, 1.54) is 0 Å². The lowest BCUT2D eigenvalue weighted by Crippen LogP contribution is -2.12. The van der Waals surface area contributed by atoms with Crippen molar-refractivity contribution in [2.24, 2.45) is 0 Å². The summed E-state index contributed by atoms with van der Waals surface area (Å²) in [5.41, 5.74) is 1.94. The van der Waals surface area contributed by atoms with E-state index in [0.29, 0.717) is 23.8 Å². The van der Waals surface area contributed by atoms with Crippen LogP contribution in [0.4, 0.5) is 5.69 Å². The molecule has 1 heterocycles. The number of para-hydroxylation sites is 1. The van der Waals surface area contributed by atoms with Gasteiger partial charge >= 0.3 is 0 Å². The summed E-state index contributed by atoms with van der Waals surface area (Å²) >= 11 is 5.84. The number of hydrogen-bond donors (Lipinski definition) is 2. The Labute approximate surface area is 133 Å². The van der Waals surface area contributed by atoms with Gasteiger partial charge in [0, 0.05) is 18.1 Å². The molecule has 0 saturated carbocycles. The summed E-state index contributed by atoms with van der Waals surface area (Å²) in [6.45, 7) is 1.46. The van der Waals surface area contributed by atoms with E-state index in [1.807, 2.05) is 18.2 Å². The molecule has 1 aliphatic rings. The van der Waals surface area contributed by atoms with Gasteiger partial charge in [-0.05, 0) is 36.2 Å². The van der Waals surface area contributed by atoms with E-state index >= 15 is 0 Å². The van der Waals surface area contributed by atoms with E-state index < -0.39 is 0 Å². The molecule has 1 atom stereocenters. The minimum Gasteiger partial charge on any atom is -0.504 e. The number of hydrogen-bond acceptors (Lipinski definition) is 3. The number of phenolic OH excluding ortho intramolecular Hbond substituents is 1. The van der Waals surface area contributed by atoms with E-state index in [2.05, 4.69) is 5.32 Å². The van der Waals surface area contributed by atoms with Crippen molar-refractivity contribution in [2.45, 2.75) is 12.3 Å². The number of rotatable bonds is 3. The third-order valence-corrected chi connectivity index (χ3v) is 4.09. The molecule has 0 radical (unpaired) electrons. The molecule has 0 spiro atoms. The molecule has 2 aromatic carbocycles. The zero-order valence-electron chi connectivity index (χ0n) is 11.9. The summed E-state index contributed by atoms with van der Waals surface area (Å²) in [6, 6.07) is 12.3. The number of nitrogens with one attached hydrogen (secondary N) is 1. The highest BCUT2D eigenvalue weighted by molar-refractivity contribution is 6.32. The lowest BCUT2D eigenvalue weighted by atomic mass is 9.96. The molecule has 2 aromatic rings. The molecule has 114 valence electrons. The van der Waals surface area contributed by atoms with Gasteiger partial charge in [-0.3, -0.25) is 4.79 Å². The first-order valence-corrected chi connectivity index (χ1v) is 7.49. The molecule has 1 fully saturated rings. The number of benzene rings is 2. The van der Waals surface area contributed by atoms with Gasteiger partial charge in [0.25, 0.3) is 5.91 Å². The molecule has 0 aromatic heterocycles. The third-order valence-electron chi connectivity index (χ3n) is 3.78. The Bertz CT molecular complexity index is 696. The molecule has 22 heavy (non-hydrogen) atoms. The Morgan fingerprint density at radius 1 is 1.27 bits per heavy atom. The molecule has 1 aliphatic heterocycles. The largest absolute Gasteiger partial charge is 0.504 e. The van der Waals surface area contributed by atoms with Crippen LogP contribution in [0.15, 0.2) is 42.5 Å². The van der Waals surface area contributed by atoms with Gasteiger partial charge in [-0.25, -0.2) is 0 Å². The second kappa shape index (κ2) is 6.38. The van der Waals surface area contributed by atoms with Crippen LogP contribution in [-0.2, 0) is 4.74 Å². The van der Waals surface area contributed by atoms with E-state index in [9.17, 15) is 9.90 Å². The molecule has 3 rings (SSSR count). The molecular formula is C17H16ClNO3. The lowest BCUT2D eigenvalue weighted by Gasteiger charge is -2.11. The van der Waals surface area contributed by atoms with Gasteiger partial charge in [0.2, 0.25) is 0 Å². The standard InChI is InChI=1S/C17H16ClNO3/c18-14-5-2-6-15(16(14)20)19-17(21)12-4-1-3-11(9-12)13-7-8-22-10-13/h1-6,9,13,20H,7-8,10H2,(H,19,21). The lowest BCUT2D eigenvalue weighted by molar-refractivity contribution is 0.102. The predicted octanol–water partition coefficient (Wildman–Crippen LogP) is 3.80. The van der Waals surface area contributed by atoms with E-state index in [-0.39, 0.29) is 16.7 Å². The van der Waals surface area contributed by atoms with Gasteiger partial charge in [0.1, 0.15) is 0 Å². The molecule has 0 bridgehead atoms. The number of phenols is 1. The second-order valence-electron chi connectivity index (χ2n) is 5.28. The maximum absolute atomic E-state index is 12.3. The monoisotopic (exact) mass is 317 g/mol. The number of carbonyl (C=O) groups is 1. The summed E-state index contributed by atoms with van der Waals surface area (Å²) in [6.07, 6.45) is 0.972. The summed E-state index contributed by atoms with van der Waals surface area (Å²) < 4.78 is 5.39. The van der Waals surface area contributed by atoms with Crippen LogP contribution in [0.25, 0.3) is 0 Å². The molecular weight excluding hydrogens is 302 g/mol.